The Hall–Kier alpha value is -1.25. The van der Waals surface area contributed by atoms with Crippen molar-refractivity contribution in [2.24, 2.45) is 11.8 Å². The summed E-state index contributed by atoms with van der Waals surface area (Å²) in [5.74, 6) is 0.552. The Morgan fingerprint density at radius 2 is 1.25 bits per heavy atom. The first-order chi connectivity index (χ1) is 11.2. The summed E-state index contributed by atoms with van der Waals surface area (Å²) < 4.78 is 11.9. The minimum Gasteiger partial charge on any atom is -0.427 e. The molecule has 3 nitrogen and oxygen atoms in total. The predicted octanol–water partition coefficient (Wildman–Crippen LogP) is 6.19. The van der Waals surface area contributed by atoms with Crippen molar-refractivity contribution >= 4 is 6.16 Å². The monoisotopic (exact) mass is 334 g/mol. The van der Waals surface area contributed by atoms with Crippen molar-refractivity contribution in [3.05, 3.63) is 23.3 Å². The standard InChI is InChI=1S/C21H34O3/c1-15(2)20(11-7-17(5)8-12-20)23-19(22)24-21(16(3)4)13-9-18(6)10-14-21/h7,9,15-16H,8,10-14H2,1-6H3. The fourth-order valence-corrected chi connectivity index (χ4v) is 3.74. The molecule has 0 aromatic rings. The lowest BCUT2D eigenvalue weighted by Gasteiger charge is -2.42. The Kier molecular flexibility index (Phi) is 5.83. The van der Waals surface area contributed by atoms with Gasteiger partial charge in [-0.2, -0.15) is 0 Å². The van der Waals surface area contributed by atoms with E-state index in [0.29, 0.717) is 0 Å². The molecule has 0 fully saturated rings. The second kappa shape index (κ2) is 7.33. The molecule has 136 valence electrons. The largest absolute Gasteiger partial charge is 0.509 e. The van der Waals surface area contributed by atoms with Gasteiger partial charge in [0.05, 0.1) is 0 Å². The van der Waals surface area contributed by atoms with E-state index in [2.05, 4.69) is 53.7 Å². The quantitative estimate of drug-likeness (QED) is 0.454. The molecule has 0 spiro atoms. The topological polar surface area (TPSA) is 35.5 Å². The number of allylic oxidation sites excluding steroid dienone is 2. The fraction of sp³-hybridized carbons (Fsp3) is 0.762. The second-order valence-electron chi connectivity index (χ2n) is 8.40. The Labute approximate surface area is 147 Å². The zero-order valence-electron chi connectivity index (χ0n) is 16.3. The van der Waals surface area contributed by atoms with Crippen molar-refractivity contribution in [2.75, 3.05) is 0 Å². The van der Waals surface area contributed by atoms with Crippen molar-refractivity contribution < 1.29 is 14.3 Å². The zero-order chi connectivity index (χ0) is 18.0. The summed E-state index contributed by atoms with van der Waals surface area (Å²) in [4.78, 5) is 12.7. The summed E-state index contributed by atoms with van der Waals surface area (Å²) in [5, 5.41) is 0. The van der Waals surface area contributed by atoms with Crippen molar-refractivity contribution in [3.8, 4) is 0 Å². The molecular weight excluding hydrogens is 300 g/mol. The van der Waals surface area contributed by atoms with Crippen LogP contribution in [0.15, 0.2) is 23.3 Å². The van der Waals surface area contributed by atoms with Crippen LogP contribution < -0.4 is 0 Å². The summed E-state index contributed by atoms with van der Waals surface area (Å²) in [5.41, 5.74) is 1.93. The van der Waals surface area contributed by atoms with Crippen LogP contribution in [0.2, 0.25) is 0 Å². The summed E-state index contributed by atoms with van der Waals surface area (Å²) in [7, 11) is 0. The van der Waals surface area contributed by atoms with Crippen molar-refractivity contribution in [3.63, 3.8) is 0 Å². The Bertz CT molecular complexity index is 483. The van der Waals surface area contributed by atoms with Gasteiger partial charge in [0.2, 0.25) is 0 Å². The molecule has 2 rings (SSSR count). The van der Waals surface area contributed by atoms with Crippen LogP contribution in [0.3, 0.4) is 0 Å². The van der Waals surface area contributed by atoms with E-state index in [0.717, 1.165) is 38.5 Å². The van der Waals surface area contributed by atoms with E-state index in [-0.39, 0.29) is 11.8 Å². The van der Waals surface area contributed by atoms with Crippen LogP contribution >= 0.6 is 0 Å². The normalized spacial score (nSPS) is 30.8. The molecule has 2 aliphatic carbocycles. The van der Waals surface area contributed by atoms with Crippen molar-refractivity contribution in [1.82, 2.24) is 0 Å². The van der Waals surface area contributed by atoms with E-state index in [9.17, 15) is 4.79 Å². The maximum absolute atomic E-state index is 12.7. The first-order valence-electron chi connectivity index (χ1n) is 9.42. The minimum atomic E-state index is -0.488. The molecule has 0 aromatic heterocycles. The third kappa shape index (κ3) is 4.04. The molecule has 0 saturated heterocycles. The molecular formula is C21H34O3. The summed E-state index contributed by atoms with van der Waals surface area (Å²) >= 11 is 0. The number of carbonyl (C=O) groups excluding carboxylic acids is 1. The van der Waals surface area contributed by atoms with E-state index in [4.69, 9.17) is 9.47 Å². The van der Waals surface area contributed by atoms with Gasteiger partial charge in [-0.05, 0) is 51.4 Å². The SMILES string of the molecule is CC1=CCC(OC(=O)OC2(C(C)C)CC=C(C)CC2)(C(C)C)CC1. The molecule has 3 heteroatoms. The molecule has 0 heterocycles. The highest BCUT2D eigenvalue weighted by Crippen LogP contribution is 2.40. The predicted molar refractivity (Wildman–Crippen MR) is 97.9 cm³/mol. The Morgan fingerprint density at radius 1 is 0.875 bits per heavy atom. The van der Waals surface area contributed by atoms with Crippen LogP contribution in [0.1, 0.15) is 80.1 Å². The number of carbonyl (C=O) groups is 1. The minimum absolute atomic E-state index is 0.276. The zero-order valence-corrected chi connectivity index (χ0v) is 16.3. The highest BCUT2D eigenvalue weighted by atomic mass is 16.7. The van der Waals surface area contributed by atoms with Gasteiger partial charge >= 0.3 is 6.16 Å². The molecule has 24 heavy (non-hydrogen) atoms. The maximum Gasteiger partial charge on any atom is 0.509 e. The van der Waals surface area contributed by atoms with E-state index >= 15 is 0 Å². The van der Waals surface area contributed by atoms with Crippen LogP contribution in [0, 0.1) is 11.8 Å². The van der Waals surface area contributed by atoms with Crippen LogP contribution in [0.4, 0.5) is 4.79 Å². The lowest BCUT2D eigenvalue weighted by atomic mass is 9.77. The van der Waals surface area contributed by atoms with Gasteiger partial charge in [0.25, 0.3) is 0 Å². The Balaban J connectivity index is 2.10. The molecule has 2 aliphatic rings. The number of hydrogen-bond donors (Lipinski definition) is 0. The maximum atomic E-state index is 12.7. The molecule has 0 amide bonds. The second-order valence-corrected chi connectivity index (χ2v) is 8.40. The molecule has 0 N–H and O–H groups in total. The van der Waals surface area contributed by atoms with E-state index < -0.39 is 17.4 Å². The molecule has 0 aliphatic heterocycles. The fourth-order valence-electron chi connectivity index (χ4n) is 3.74. The van der Waals surface area contributed by atoms with Crippen molar-refractivity contribution in [2.45, 2.75) is 91.3 Å². The summed E-state index contributed by atoms with van der Waals surface area (Å²) in [6, 6.07) is 0. The number of rotatable bonds is 4. The van der Waals surface area contributed by atoms with Gasteiger partial charge < -0.3 is 9.47 Å². The van der Waals surface area contributed by atoms with Gasteiger partial charge in [-0.3, -0.25) is 0 Å². The third-order valence-electron chi connectivity index (χ3n) is 6.15. The highest BCUT2D eigenvalue weighted by molar-refractivity contribution is 5.61. The average molecular weight is 335 g/mol. The molecule has 0 radical (unpaired) electrons. The van der Waals surface area contributed by atoms with Crippen LogP contribution in [-0.4, -0.2) is 17.4 Å². The molecule has 0 aromatic carbocycles. The number of hydrogen-bond acceptors (Lipinski definition) is 3. The molecule has 2 unspecified atom stereocenters. The average Bonchev–Trinajstić information content (AvgIpc) is 2.52. The lowest BCUT2D eigenvalue weighted by Crippen LogP contribution is -2.46. The molecule has 0 saturated carbocycles. The van der Waals surface area contributed by atoms with Gasteiger partial charge in [0.1, 0.15) is 11.2 Å². The first-order valence-corrected chi connectivity index (χ1v) is 9.42. The van der Waals surface area contributed by atoms with Gasteiger partial charge in [-0.15, -0.1) is 0 Å². The van der Waals surface area contributed by atoms with Gasteiger partial charge in [-0.25, -0.2) is 4.79 Å². The van der Waals surface area contributed by atoms with Gasteiger partial charge in [0.15, 0.2) is 0 Å². The smallest absolute Gasteiger partial charge is 0.427 e. The first kappa shape index (κ1) is 19.1. The summed E-state index contributed by atoms with van der Waals surface area (Å²) in [6.07, 6.45) is 9.26. The van der Waals surface area contributed by atoms with Crippen LogP contribution in [0.25, 0.3) is 0 Å². The van der Waals surface area contributed by atoms with Crippen molar-refractivity contribution in [1.29, 1.82) is 0 Å². The van der Waals surface area contributed by atoms with E-state index in [1.807, 2.05) is 0 Å². The molecule has 2 atom stereocenters. The lowest BCUT2D eigenvalue weighted by molar-refractivity contribution is -0.116. The van der Waals surface area contributed by atoms with Crippen LogP contribution in [0.5, 0.6) is 0 Å². The summed E-state index contributed by atoms with van der Waals surface area (Å²) in [6.45, 7) is 12.8. The van der Waals surface area contributed by atoms with E-state index in [1.165, 1.54) is 11.1 Å². The highest BCUT2D eigenvalue weighted by Gasteiger charge is 2.43. The van der Waals surface area contributed by atoms with E-state index in [1.54, 1.807) is 0 Å². The number of ether oxygens (including phenoxy) is 2. The molecule has 0 bridgehead atoms. The van der Waals surface area contributed by atoms with Gasteiger partial charge in [0, 0.05) is 12.8 Å². The van der Waals surface area contributed by atoms with Gasteiger partial charge in [-0.1, -0.05) is 51.0 Å². The third-order valence-corrected chi connectivity index (χ3v) is 6.15. The van der Waals surface area contributed by atoms with Crippen LogP contribution in [-0.2, 0) is 9.47 Å². The Morgan fingerprint density at radius 3 is 1.50 bits per heavy atom.